The molecule has 6 heteroatoms. The van der Waals surface area contributed by atoms with Crippen LogP contribution in [0, 0.1) is 6.92 Å². The summed E-state index contributed by atoms with van der Waals surface area (Å²) in [6, 6.07) is 14.0. The minimum atomic E-state index is -0.786. The van der Waals surface area contributed by atoms with Crippen LogP contribution < -0.4 is 10.9 Å². The van der Waals surface area contributed by atoms with Gasteiger partial charge < -0.3 is 5.32 Å². The maximum absolute atomic E-state index is 13.3. The van der Waals surface area contributed by atoms with E-state index in [9.17, 15) is 14.4 Å². The molecule has 1 aliphatic carbocycles. The molecule has 1 heterocycles. The van der Waals surface area contributed by atoms with Gasteiger partial charge in [0.2, 0.25) is 5.91 Å². The lowest BCUT2D eigenvalue weighted by molar-refractivity contribution is -0.119. The van der Waals surface area contributed by atoms with Gasteiger partial charge in [0.25, 0.3) is 5.56 Å². The molecule has 1 aliphatic rings. The first-order valence-electron chi connectivity index (χ1n) is 11.0. The highest BCUT2D eigenvalue weighted by molar-refractivity contribution is 5.96. The van der Waals surface area contributed by atoms with Crippen LogP contribution >= 0.6 is 0 Å². The topological polar surface area (TPSA) is 81.1 Å². The van der Waals surface area contributed by atoms with E-state index < -0.39 is 6.04 Å². The van der Waals surface area contributed by atoms with Gasteiger partial charge in [0.1, 0.15) is 6.04 Å². The minimum Gasteiger partial charge on any atom is -0.324 e. The average Bonchev–Trinajstić information content (AvgIpc) is 2.80. The first kappa shape index (κ1) is 21.7. The molecule has 1 amide bonds. The van der Waals surface area contributed by atoms with Crippen molar-refractivity contribution in [1.29, 1.82) is 0 Å². The Morgan fingerprint density at radius 1 is 0.969 bits per heavy atom. The third-order valence-corrected chi connectivity index (χ3v) is 6.06. The zero-order valence-electron chi connectivity index (χ0n) is 18.6. The van der Waals surface area contributed by atoms with Crippen LogP contribution in [0.25, 0.3) is 11.3 Å². The molecule has 0 radical (unpaired) electrons. The lowest BCUT2D eigenvalue weighted by Crippen LogP contribution is -2.37. The molecule has 0 unspecified atom stereocenters. The highest BCUT2D eigenvalue weighted by Gasteiger charge is 2.25. The number of nitrogens with one attached hydrogen (secondary N) is 1. The van der Waals surface area contributed by atoms with Crippen LogP contribution in [0.2, 0.25) is 0 Å². The van der Waals surface area contributed by atoms with Crippen LogP contribution in [0.1, 0.15) is 59.8 Å². The summed E-state index contributed by atoms with van der Waals surface area (Å²) in [5, 5.41) is 7.51. The van der Waals surface area contributed by atoms with Crippen LogP contribution in [0.4, 0.5) is 5.69 Å². The number of aryl methyl sites for hydroxylation is 1. The van der Waals surface area contributed by atoms with Gasteiger partial charge >= 0.3 is 0 Å². The molecule has 1 N–H and O–H groups in total. The number of ketones is 1. The molecule has 3 aromatic rings. The van der Waals surface area contributed by atoms with Crippen molar-refractivity contribution >= 4 is 17.4 Å². The number of fused-ring (bicyclic) bond motifs is 1. The molecule has 0 saturated carbocycles. The van der Waals surface area contributed by atoms with Crippen LogP contribution in [0.15, 0.2) is 53.3 Å². The van der Waals surface area contributed by atoms with Crippen LogP contribution in [0.5, 0.6) is 0 Å². The summed E-state index contributed by atoms with van der Waals surface area (Å²) in [6.45, 7) is 5.21. The Kier molecular flexibility index (Phi) is 6.04. The Hall–Kier alpha value is -3.54. The van der Waals surface area contributed by atoms with Gasteiger partial charge in [-0.3, -0.25) is 14.4 Å². The molecule has 2 aromatic carbocycles. The number of nitrogens with zero attached hydrogens (tertiary/aromatic N) is 2. The highest BCUT2D eigenvalue weighted by Crippen LogP contribution is 2.29. The summed E-state index contributed by atoms with van der Waals surface area (Å²) in [4.78, 5) is 37.7. The van der Waals surface area contributed by atoms with Crippen molar-refractivity contribution in [3.8, 4) is 11.3 Å². The SMILES string of the molecule is CC(=O)c1ccc(NC(=O)[C@@H](C)n2nc(-c3ccc(C)cc3)c3c(c2=O)CCCC3)cc1. The Labute approximate surface area is 187 Å². The van der Waals surface area contributed by atoms with Crippen LogP contribution in [-0.2, 0) is 17.6 Å². The van der Waals surface area contributed by atoms with E-state index in [2.05, 4.69) is 10.4 Å². The predicted molar refractivity (Wildman–Crippen MR) is 125 cm³/mol. The van der Waals surface area contributed by atoms with Crippen molar-refractivity contribution in [2.45, 2.75) is 52.5 Å². The first-order valence-corrected chi connectivity index (χ1v) is 11.0. The Morgan fingerprint density at radius 3 is 2.22 bits per heavy atom. The quantitative estimate of drug-likeness (QED) is 0.606. The zero-order valence-corrected chi connectivity index (χ0v) is 18.6. The predicted octanol–water partition coefficient (Wildman–Crippen LogP) is 4.50. The molecular formula is C26H27N3O3. The number of carbonyl (C=O) groups excluding carboxylic acids is 2. The fourth-order valence-corrected chi connectivity index (χ4v) is 4.11. The normalized spacial score (nSPS) is 13.8. The summed E-state index contributed by atoms with van der Waals surface area (Å²) in [5.74, 6) is -0.370. The monoisotopic (exact) mass is 429 g/mol. The molecule has 0 fully saturated rings. The number of anilines is 1. The Balaban J connectivity index is 1.69. The van der Waals surface area contributed by atoms with Crippen molar-refractivity contribution in [3.05, 3.63) is 81.1 Å². The van der Waals surface area contributed by atoms with E-state index in [0.29, 0.717) is 17.7 Å². The van der Waals surface area contributed by atoms with Crippen molar-refractivity contribution in [2.24, 2.45) is 0 Å². The van der Waals surface area contributed by atoms with Gasteiger partial charge in [-0.1, -0.05) is 29.8 Å². The largest absolute Gasteiger partial charge is 0.324 e. The van der Waals surface area contributed by atoms with E-state index in [-0.39, 0.29) is 17.2 Å². The smallest absolute Gasteiger partial charge is 0.271 e. The van der Waals surface area contributed by atoms with E-state index in [0.717, 1.165) is 47.2 Å². The van der Waals surface area contributed by atoms with Crippen molar-refractivity contribution in [1.82, 2.24) is 9.78 Å². The maximum Gasteiger partial charge on any atom is 0.271 e. The summed E-state index contributed by atoms with van der Waals surface area (Å²) < 4.78 is 1.32. The molecule has 0 saturated heterocycles. The number of aromatic nitrogens is 2. The van der Waals surface area contributed by atoms with Crippen molar-refractivity contribution < 1.29 is 9.59 Å². The van der Waals surface area contributed by atoms with E-state index in [1.165, 1.54) is 11.6 Å². The van der Waals surface area contributed by atoms with Gasteiger partial charge in [-0.05, 0) is 76.3 Å². The molecule has 1 aromatic heterocycles. The number of hydrogen-bond acceptors (Lipinski definition) is 4. The van der Waals surface area contributed by atoms with Gasteiger partial charge in [0, 0.05) is 22.4 Å². The number of amides is 1. The van der Waals surface area contributed by atoms with Gasteiger partial charge in [-0.25, -0.2) is 4.68 Å². The standard InChI is InChI=1S/C26H27N3O3/c1-16-8-10-20(11-9-16)24-22-6-4-5-7-23(22)26(32)29(28-24)17(2)25(31)27-21-14-12-19(13-15-21)18(3)30/h8-15,17H,4-7H2,1-3H3,(H,27,31)/t17-/m1/s1. The molecule has 4 rings (SSSR count). The Bertz CT molecular complexity index is 1220. The molecule has 6 nitrogen and oxygen atoms in total. The molecule has 164 valence electrons. The van der Waals surface area contributed by atoms with E-state index in [1.54, 1.807) is 31.2 Å². The highest BCUT2D eigenvalue weighted by atomic mass is 16.2. The third kappa shape index (κ3) is 4.26. The van der Waals surface area contributed by atoms with Gasteiger partial charge in [0.15, 0.2) is 5.78 Å². The molecule has 0 aliphatic heterocycles. The zero-order chi connectivity index (χ0) is 22.8. The maximum atomic E-state index is 13.3. The third-order valence-electron chi connectivity index (χ3n) is 6.06. The van der Waals surface area contributed by atoms with Gasteiger partial charge in [-0.2, -0.15) is 5.10 Å². The minimum absolute atomic E-state index is 0.0373. The van der Waals surface area contributed by atoms with Crippen molar-refractivity contribution in [3.63, 3.8) is 0 Å². The fourth-order valence-electron chi connectivity index (χ4n) is 4.11. The summed E-state index contributed by atoms with van der Waals surface area (Å²) in [5.41, 5.74) is 5.62. The van der Waals surface area contributed by atoms with Crippen LogP contribution in [-0.4, -0.2) is 21.5 Å². The van der Waals surface area contributed by atoms with Crippen molar-refractivity contribution in [2.75, 3.05) is 5.32 Å². The second-order valence-electron chi connectivity index (χ2n) is 8.43. The molecule has 0 bridgehead atoms. The Morgan fingerprint density at radius 2 is 1.59 bits per heavy atom. The molecule has 32 heavy (non-hydrogen) atoms. The van der Waals surface area contributed by atoms with E-state index in [4.69, 9.17) is 0 Å². The van der Waals surface area contributed by atoms with E-state index >= 15 is 0 Å². The summed E-state index contributed by atoms with van der Waals surface area (Å²) >= 11 is 0. The average molecular weight is 430 g/mol. The summed E-state index contributed by atoms with van der Waals surface area (Å²) in [6.07, 6.45) is 3.52. The number of rotatable bonds is 5. The van der Waals surface area contributed by atoms with Gasteiger partial charge in [0.05, 0.1) is 5.69 Å². The first-order chi connectivity index (χ1) is 15.3. The number of benzene rings is 2. The number of hydrogen-bond donors (Lipinski definition) is 1. The number of carbonyl (C=O) groups is 2. The lowest BCUT2D eigenvalue weighted by atomic mass is 9.89. The molecular weight excluding hydrogens is 402 g/mol. The second-order valence-corrected chi connectivity index (χ2v) is 8.43. The fraction of sp³-hybridized carbons (Fsp3) is 0.308. The second kappa shape index (κ2) is 8.91. The van der Waals surface area contributed by atoms with E-state index in [1.807, 2.05) is 31.2 Å². The number of Topliss-reactive ketones (excluding diaryl/α,β-unsaturated/α-hetero) is 1. The van der Waals surface area contributed by atoms with Crippen LogP contribution in [0.3, 0.4) is 0 Å². The lowest BCUT2D eigenvalue weighted by Gasteiger charge is -2.22. The summed E-state index contributed by atoms with van der Waals surface area (Å²) in [7, 11) is 0. The van der Waals surface area contributed by atoms with Gasteiger partial charge in [-0.15, -0.1) is 0 Å². The molecule has 1 atom stereocenters. The molecule has 0 spiro atoms.